The molecular weight excluding hydrogens is 320 g/mol. The van der Waals surface area contributed by atoms with E-state index in [2.05, 4.69) is 15.4 Å². The van der Waals surface area contributed by atoms with Gasteiger partial charge in [0.2, 0.25) is 0 Å². The number of aryl methyl sites for hydroxylation is 1. The summed E-state index contributed by atoms with van der Waals surface area (Å²) >= 11 is 0. The van der Waals surface area contributed by atoms with Crippen LogP contribution in [0.3, 0.4) is 0 Å². The average Bonchev–Trinajstić information content (AvgIpc) is 3.22. The summed E-state index contributed by atoms with van der Waals surface area (Å²) < 4.78 is 7.50. The maximum absolute atomic E-state index is 12.7. The lowest BCUT2D eigenvalue weighted by Crippen LogP contribution is -2.39. The number of para-hydroxylation sites is 1. The van der Waals surface area contributed by atoms with Crippen molar-refractivity contribution in [1.29, 1.82) is 0 Å². The molecule has 7 heteroatoms. The molecule has 128 valence electrons. The van der Waals surface area contributed by atoms with Gasteiger partial charge in [-0.1, -0.05) is 18.2 Å². The third kappa shape index (κ3) is 2.83. The molecule has 0 radical (unpaired) electrons. The minimum atomic E-state index is -0.396. The highest BCUT2D eigenvalue weighted by atomic mass is 16.5. The van der Waals surface area contributed by atoms with Crippen molar-refractivity contribution in [3.05, 3.63) is 64.2 Å². The second kappa shape index (κ2) is 6.18. The molecule has 3 heterocycles. The Balaban J connectivity index is 1.60. The highest BCUT2D eigenvalue weighted by Gasteiger charge is 2.33. The van der Waals surface area contributed by atoms with E-state index < -0.39 is 11.5 Å². The van der Waals surface area contributed by atoms with Crippen LogP contribution >= 0.6 is 0 Å². The predicted molar refractivity (Wildman–Crippen MR) is 92.3 cm³/mol. The van der Waals surface area contributed by atoms with Gasteiger partial charge in [-0.2, -0.15) is 5.10 Å². The zero-order chi connectivity index (χ0) is 17.4. The van der Waals surface area contributed by atoms with Crippen LogP contribution in [0.15, 0.2) is 47.4 Å². The number of H-pyrrole nitrogens is 1. The van der Waals surface area contributed by atoms with E-state index in [9.17, 15) is 9.59 Å². The quantitative estimate of drug-likeness (QED) is 0.758. The van der Waals surface area contributed by atoms with E-state index in [4.69, 9.17) is 4.74 Å². The number of rotatable bonds is 3. The van der Waals surface area contributed by atoms with Gasteiger partial charge in [-0.15, -0.1) is 0 Å². The van der Waals surface area contributed by atoms with Gasteiger partial charge in [-0.25, -0.2) is 0 Å². The van der Waals surface area contributed by atoms with Crippen LogP contribution in [0.1, 0.15) is 28.6 Å². The van der Waals surface area contributed by atoms with E-state index in [1.807, 2.05) is 37.4 Å². The third-order valence-electron chi connectivity index (χ3n) is 4.56. The molecular formula is C18H18N4O3. The fourth-order valence-corrected chi connectivity index (χ4v) is 3.25. The lowest BCUT2D eigenvalue weighted by Gasteiger charge is -2.20. The average molecular weight is 338 g/mol. The second-order valence-corrected chi connectivity index (χ2v) is 6.14. The number of aromatic amines is 1. The van der Waals surface area contributed by atoms with E-state index in [1.54, 1.807) is 16.9 Å². The summed E-state index contributed by atoms with van der Waals surface area (Å²) in [6.07, 6.45) is 2.12. The molecule has 2 N–H and O–H groups in total. The van der Waals surface area contributed by atoms with Crippen LogP contribution in [0.2, 0.25) is 0 Å². The van der Waals surface area contributed by atoms with Crippen molar-refractivity contribution in [2.45, 2.75) is 18.6 Å². The number of benzene rings is 1. The maximum Gasteiger partial charge on any atom is 0.261 e. The summed E-state index contributed by atoms with van der Waals surface area (Å²) in [5.74, 6) is -0.394. The Labute approximate surface area is 143 Å². The van der Waals surface area contributed by atoms with Gasteiger partial charge in [0.25, 0.3) is 11.5 Å². The Hall–Kier alpha value is -2.93. The number of ether oxygens (including phenoxy) is 1. The molecule has 1 aliphatic rings. The van der Waals surface area contributed by atoms with Gasteiger partial charge >= 0.3 is 0 Å². The van der Waals surface area contributed by atoms with Crippen molar-refractivity contribution in [2.75, 3.05) is 6.61 Å². The maximum atomic E-state index is 12.7. The number of carbonyl (C=O) groups is 1. The summed E-state index contributed by atoms with van der Waals surface area (Å²) in [5.41, 5.74) is 1.32. The second-order valence-electron chi connectivity index (χ2n) is 6.14. The largest absolute Gasteiger partial charge is 0.370 e. The highest BCUT2D eigenvalue weighted by Crippen LogP contribution is 2.28. The van der Waals surface area contributed by atoms with Crippen LogP contribution in [0, 0.1) is 0 Å². The van der Waals surface area contributed by atoms with Gasteiger partial charge < -0.3 is 15.0 Å². The SMILES string of the molecule is Cn1nccc1[C@H]1OCC[C@@H]1NC(=O)c1cc2ccccc2[nH]c1=O. The van der Waals surface area contributed by atoms with Crippen LogP contribution in [-0.4, -0.2) is 33.3 Å². The van der Waals surface area contributed by atoms with Crippen LogP contribution in [0.25, 0.3) is 10.9 Å². The van der Waals surface area contributed by atoms with E-state index in [-0.39, 0.29) is 17.7 Å². The number of nitrogens with one attached hydrogen (secondary N) is 2. The number of hydrogen-bond acceptors (Lipinski definition) is 4. The highest BCUT2D eigenvalue weighted by molar-refractivity contribution is 5.97. The standard InChI is InChI=1S/C18H18N4O3/c1-22-15(6-8-19-22)16-14(7-9-25-16)21-18(24)12-10-11-4-2-3-5-13(11)20-17(12)23/h2-6,8,10,14,16H,7,9H2,1H3,(H,20,23)(H,21,24)/t14-,16-/m0/s1. The third-order valence-corrected chi connectivity index (χ3v) is 4.56. The topological polar surface area (TPSA) is 89.0 Å². The number of carbonyl (C=O) groups excluding carboxylic acids is 1. The molecule has 0 bridgehead atoms. The minimum Gasteiger partial charge on any atom is -0.370 e. The predicted octanol–water partition coefficient (Wildman–Crippen LogP) is 1.52. The van der Waals surface area contributed by atoms with Crippen molar-refractivity contribution in [3.8, 4) is 0 Å². The molecule has 7 nitrogen and oxygen atoms in total. The first-order chi connectivity index (χ1) is 12.1. The summed E-state index contributed by atoms with van der Waals surface area (Å²) in [6.45, 7) is 0.550. The molecule has 4 rings (SSSR count). The fraction of sp³-hybridized carbons (Fsp3) is 0.278. The molecule has 1 amide bonds. The molecule has 1 aliphatic heterocycles. The van der Waals surface area contributed by atoms with Crippen LogP contribution in [-0.2, 0) is 11.8 Å². The van der Waals surface area contributed by atoms with E-state index in [0.29, 0.717) is 18.5 Å². The number of pyridine rings is 1. The first kappa shape index (κ1) is 15.6. The number of hydrogen-bond donors (Lipinski definition) is 2. The molecule has 0 saturated carbocycles. The molecule has 25 heavy (non-hydrogen) atoms. The fourth-order valence-electron chi connectivity index (χ4n) is 3.25. The van der Waals surface area contributed by atoms with Gasteiger partial charge in [0, 0.05) is 25.4 Å². The number of amides is 1. The van der Waals surface area contributed by atoms with Crippen molar-refractivity contribution in [2.24, 2.45) is 7.05 Å². The first-order valence-electron chi connectivity index (χ1n) is 8.16. The lowest BCUT2D eigenvalue weighted by molar-refractivity contribution is 0.0791. The van der Waals surface area contributed by atoms with Gasteiger partial charge in [0.05, 0.1) is 11.7 Å². The van der Waals surface area contributed by atoms with Gasteiger partial charge in [0.15, 0.2) is 0 Å². The summed E-state index contributed by atoms with van der Waals surface area (Å²) in [7, 11) is 1.84. The zero-order valence-corrected chi connectivity index (χ0v) is 13.7. The van der Waals surface area contributed by atoms with Gasteiger partial charge in [0.1, 0.15) is 11.7 Å². The minimum absolute atomic E-state index is 0.106. The molecule has 3 aromatic rings. The van der Waals surface area contributed by atoms with Crippen molar-refractivity contribution in [1.82, 2.24) is 20.1 Å². The van der Waals surface area contributed by atoms with E-state index in [0.717, 1.165) is 11.1 Å². The smallest absolute Gasteiger partial charge is 0.261 e. The molecule has 0 aliphatic carbocycles. The Bertz CT molecular complexity index is 991. The monoisotopic (exact) mass is 338 g/mol. The number of nitrogens with zero attached hydrogens (tertiary/aromatic N) is 2. The summed E-state index contributed by atoms with van der Waals surface area (Å²) in [6, 6.07) is 10.7. The number of aromatic nitrogens is 3. The molecule has 2 aromatic heterocycles. The van der Waals surface area contributed by atoms with Crippen LogP contribution in [0.4, 0.5) is 0 Å². The van der Waals surface area contributed by atoms with Crippen molar-refractivity contribution >= 4 is 16.8 Å². The molecule has 1 saturated heterocycles. The summed E-state index contributed by atoms with van der Waals surface area (Å²) in [5, 5.41) is 7.91. The van der Waals surface area contributed by atoms with Crippen molar-refractivity contribution < 1.29 is 9.53 Å². The van der Waals surface area contributed by atoms with Crippen LogP contribution < -0.4 is 10.9 Å². The Morgan fingerprint density at radius 3 is 3.00 bits per heavy atom. The number of fused-ring (bicyclic) bond motifs is 1. The first-order valence-corrected chi connectivity index (χ1v) is 8.16. The molecule has 0 spiro atoms. The lowest BCUT2D eigenvalue weighted by atomic mass is 10.1. The molecule has 0 unspecified atom stereocenters. The van der Waals surface area contributed by atoms with E-state index >= 15 is 0 Å². The Morgan fingerprint density at radius 2 is 2.20 bits per heavy atom. The Kier molecular flexibility index (Phi) is 3.85. The van der Waals surface area contributed by atoms with Gasteiger partial charge in [-0.3, -0.25) is 14.3 Å². The van der Waals surface area contributed by atoms with Gasteiger partial charge in [-0.05, 0) is 30.0 Å². The van der Waals surface area contributed by atoms with Crippen molar-refractivity contribution in [3.63, 3.8) is 0 Å². The zero-order valence-electron chi connectivity index (χ0n) is 13.7. The Morgan fingerprint density at radius 1 is 1.36 bits per heavy atom. The summed E-state index contributed by atoms with van der Waals surface area (Å²) in [4.78, 5) is 27.7. The normalized spacial score (nSPS) is 20.0. The molecule has 1 fully saturated rings. The van der Waals surface area contributed by atoms with Crippen LogP contribution in [0.5, 0.6) is 0 Å². The van der Waals surface area contributed by atoms with E-state index in [1.165, 1.54) is 0 Å². The molecule has 2 atom stereocenters. The molecule has 1 aromatic carbocycles.